The molecule has 0 saturated heterocycles. The van der Waals surface area contributed by atoms with Crippen LogP contribution in [0.3, 0.4) is 0 Å². The van der Waals surface area contributed by atoms with Gasteiger partial charge in [0.1, 0.15) is 5.82 Å². The Bertz CT molecular complexity index is 739. The molecular weight excluding hydrogens is 303 g/mol. The summed E-state index contributed by atoms with van der Waals surface area (Å²) in [6.45, 7) is 1.96. The van der Waals surface area contributed by atoms with E-state index in [1.54, 1.807) is 12.1 Å². The summed E-state index contributed by atoms with van der Waals surface area (Å²) in [7, 11) is 0. The normalized spacial score (nSPS) is 11.2. The molecule has 0 spiro atoms. The van der Waals surface area contributed by atoms with Crippen LogP contribution in [0.15, 0.2) is 30.3 Å². The number of hydrogen-bond acceptors (Lipinski definition) is 1. The van der Waals surface area contributed by atoms with E-state index in [0.717, 1.165) is 28.0 Å². The Morgan fingerprint density at radius 1 is 0.947 bits per heavy atom. The second kappa shape index (κ2) is 4.71. The van der Waals surface area contributed by atoms with Crippen molar-refractivity contribution >= 4 is 45.8 Å². The van der Waals surface area contributed by atoms with Crippen LogP contribution in [0.25, 0.3) is 22.4 Å². The van der Waals surface area contributed by atoms with Gasteiger partial charge in [-0.3, -0.25) is 0 Å². The van der Waals surface area contributed by atoms with Crippen molar-refractivity contribution in [1.29, 1.82) is 0 Å². The third kappa shape index (κ3) is 2.32. The number of aromatic amines is 1. The number of fused-ring (bicyclic) bond motifs is 1. The molecule has 96 valence electrons. The largest absolute Gasteiger partial charge is 0.338 e. The van der Waals surface area contributed by atoms with Crippen molar-refractivity contribution in [2.24, 2.45) is 0 Å². The van der Waals surface area contributed by atoms with Gasteiger partial charge in [0.05, 0.1) is 21.1 Å². The van der Waals surface area contributed by atoms with E-state index in [1.807, 2.05) is 25.1 Å². The molecule has 19 heavy (non-hydrogen) atoms. The highest BCUT2D eigenvalue weighted by Crippen LogP contribution is 2.29. The van der Waals surface area contributed by atoms with Crippen LogP contribution in [0, 0.1) is 6.92 Å². The molecule has 5 heteroatoms. The van der Waals surface area contributed by atoms with Crippen molar-refractivity contribution in [3.05, 3.63) is 51.0 Å². The Morgan fingerprint density at radius 2 is 1.68 bits per heavy atom. The molecule has 0 bridgehead atoms. The number of aryl methyl sites for hydroxylation is 1. The van der Waals surface area contributed by atoms with Gasteiger partial charge in [0.2, 0.25) is 0 Å². The molecule has 1 aromatic heterocycles. The lowest BCUT2D eigenvalue weighted by Crippen LogP contribution is -1.82. The summed E-state index contributed by atoms with van der Waals surface area (Å²) in [5, 5.41) is 1.72. The topological polar surface area (TPSA) is 28.7 Å². The fourth-order valence-corrected chi connectivity index (χ4v) is 2.38. The molecule has 0 fully saturated rings. The molecule has 0 unspecified atom stereocenters. The lowest BCUT2D eigenvalue weighted by molar-refractivity contribution is 1.33. The summed E-state index contributed by atoms with van der Waals surface area (Å²) in [6.07, 6.45) is 0. The Hall–Kier alpha value is -1.22. The smallest absolute Gasteiger partial charge is 0.138 e. The molecule has 0 saturated carbocycles. The van der Waals surface area contributed by atoms with Gasteiger partial charge in [-0.1, -0.05) is 46.9 Å². The predicted octanol–water partition coefficient (Wildman–Crippen LogP) is 5.50. The highest BCUT2D eigenvalue weighted by molar-refractivity contribution is 6.42. The second-order valence-electron chi connectivity index (χ2n) is 4.33. The molecule has 3 aromatic rings. The van der Waals surface area contributed by atoms with Crippen LogP contribution in [0.4, 0.5) is 0 Å². The molecule has 2 aromatic carbocycles. The number of aromatic nitrogens is 2. The quantitative estimate of drug-likeness (QED) is 0.631. The molecule has 0 radical (unpaired) electrons. The number of H-pyrrole nitrogens is 1. The summed E-state index contributed by atoms with van der Waals surface area (Å²) >= 11 is 18.1. The van der Waals surface area contributed by atoms with E-state index in [-0.39, 0.29) is 0 Å². The van der Waals surface area contributed by atoms with E-state index in [1.165, 1.54) is 0 Å². The monoisotopic (exact) mass is 310 g/mol. The van der Waals surface area contributed by atoms with Gasteiger partial charge in [-0.25, -0.2) is 4.98 Å². The minimum atomic E-state index is 0.495. The van der Waals surface area contributed by atoms with Crippen molar-refractivity contribution in [3.8, 4) is 11.4 Å². The summed E-state index contributed by atoms with van der Waals surface area (Å²) in [4.78, 5) is 7.71. The zero-order chi connectivity index (χ0) is 13.6. The molecule has 0 atom stereocenters. The molecule has 0 aliphatic carbocycles. The minimum Gasteiger partial charge on any atom is -0.338 e. The van der Waals surface area contributed by atoms with Crippen molar-refractivity contribution < 1.29 is 0 Å². The van der Waals surface area contributed by atoms with Gasteiger partial charge >= 0.3 is 0 Å². The van der Waals surface area contributed by atoms with Crippen molar-refractivity contribution in [3.63, 3.8) is 0 Å². The van der Waals surface area contributed by atoms with Crippen LogP contribution >= 0.6 is 34.8 Å². The molecule has 3 rings (SSSR count). The number of imidazole rings is 1. The number of nitrogens with one attached hydrogen (secondary N) is 1. The molecule has 0 amide bonds. The summed E-state index contributed by atoms with van der Waals surface area (Å²) in [5.74, 6) is 0.746. The van der Waals surface area contributed by atoms with Gasteiger partial charge in [0, 0.05) is 10.6 Å². The van der Waals surface area contributed by atoms with Crippen LogP contribution in [0.2, 0.25) is 15.1 Å². The fourth-order valence-electron chi connectivity index (χ4n) is 1.88. The standard InChI is InChI=1S/C14H9Cl3N2/c1-7-2-3-8(4-9(7)15)14-18-12-5-10(16)11(17)6-13(12)19-14/h2-6H,1H3,(H,18,19). The predicted molar refractivity (Wildman–Crippen MR) is 81.3 cm³/mol. The number of benzene rings is 2. The van der Waals surface area contributed by atoms with Crippen molar-refractivity contribution in [2.45, 2.75) is 6.92 Å². The molecule has 2 nitrogen and oxygen atoms in total. The minimum absolute atomic E-state index is 0.495. The first-order valence-corrected chi connectivity index (χ1v) is 6.79. The first-order chi connectivity index (χ1) is 9.04. The number of nitrogens with zero attached hydrogens (tertiary/aromatic N) is 1. The summed E-state index contributed by atoms with van der Waals surface area (Å²) in [6, 6.07) is 9.34. The van der Waals surface area contributed by atoms with Gasteiger partial charge in [0.15, 0.2) is 0 Å². The Kier molecular flexibility index (Phi) is 3.17. The first-order valence-electron chi connectivity index (χ1n) is 5.66. The average Bonchev–Trinajstić information content (AvgIpc) is 2.76. The van der Waals surface area contributed by atoms with E-state index in [2.05, 4.69) is 9.97 Å². The Morgan fingerprint density at radius 3 is 2.42 bits per heavy atom. The van der Waals surface area contributed by atoms with Crippen LogP contribution in [0.5, 0.6) is 0 Å². The summed E-state index contributed by atoms with van der Waals surface area (Å²) in [5.41, 5.74) is 3.59. The van der Waals surface area contributed by atoms with Gasteiger partial charge < -0.3 is 4.98 Å². The van der Waals surface area contributed by atoms with Crippen molar-refractivity contribution in [2.75, 3.05) is 0 Å². The van der Waals surface area contributed by atoms with E-state index < -0.39 is 0 Å². The molecule has 1 N–H and O–H groups in total. The van der Waals surface area contributed by atoms with E-state index in [9.17, 15) is 0 Å². The fraction of sp³-hybridized carbons (Fsp3) is 0.0714. The van der Waals surface area contributed by atoms with E-state index >= 15 is 0 Å². The van der Waals surface area contributed by atoms with Crippen LogP contribution in [-0.4, -0.2) is 9.97 Å². The van der Waals surface area contributed by atoms with E-state index in [4.69, 9.17) is 34.8 Å². The van der Waals surface area contributed by atoms with Gasteiger partial charge in [-0.05, 0) is 30.7 Å². The van der Waals surface area contributed by atoms with Gasteiger partial charge in [-0.2, -0.15) is 0 Å². The summed E-state index contributed by atoms with van der Waals surface area (Å²) < 4.78 is 0. The molecule has 0 aliphatic rings. The van der Waals surface area contributed by atoms with Crippen LogP contribution < -0.4 is 0 Å². The van der Waals surface area contributed by atoms with Crippen LogP contribution in [-0.2, 0) is 0 Å². The van der Waals surface area contributed by atoms with Crippen molar-refractivity contribution in [1.82, 2.24) is 9.97 Å². The maximum atomic E-state index is 6.13. The third-order valence-electron chi connectivity index (χ3n) is 2.97. The average molecular weight is 312 g/mol. The molecule has 0 aliphatic heterocycles. The molecule has 1 heterocycles. The number of hydrogen-bond donors (Lipinski definition) is 1. The zero-order valence-corrected chi connectivity index (χ0v) is 12.2. The maximum absolute atomic E-state index is 6.13. The highest BCUT2D eigenvalue weighted by Gasteiger charge is 2.09. The van der Waals surface area contributed by atoms with Gasteiger partial charge in [-0.15, -0.1) is 0 Å². The maximum Gasteiger partial charge on any atom is 0.138 e. The first kappa shape index (κ1) is 12.8. The SMILES string of the molecule is Cc1ccc(-c2nc3cc(Cl)c(Cl)cc3[nH]2)cc1Cl. The number of halogens is 3. The van der Waals surface area contributed by atoms with Gasteiger partial charge in [0.25, 0.3) is 0 Å². The zero-order valence-electron chi connectivity index (χ0n) is 9.97. The molecular formula is C14H9Cl3N2. The van der Waals surface area contributed by atoms with Crippen LogP contribution in [0.1, 0.15) is 5.56 Å². The Labute approximate surface area is 125 Å². The second-order valence-corrected chi connectivity index (χ2v) is 5.55. The lowest BCUT2D eigenvalue weighted by atomic mass is 10.1. The third-order valence-corrected chi connectivity index (χ3v) is 4.10. The van der Waals surface area contributed by atoms with E-state index in [0.29, 0.717) is 15.1 Å². The lowest BCUT2D eigenvalue weighted by Gasteiger charge is -2.00. The Balaban J connectivity index is 2.17. The number of rotatable bonds is 1. The highest BCUT2D eigenvalue weighted by atomic mass is 35.5.